The van der Waals surface area contributed by atoms with Gasteiger partial charge in [-0.1, -0.05) is 97.9 Å². The van der Waals surface area contributed by atoms with Crippen molar-refractivity contribution in [2.45, 2.75) is 80.3 Å². The SMILES string of the molecule is CCc1cc(C(C)(C(C)C)C(C)C(C)(C)C)ccc1OC(C)c1ccccc1. The zero-order valence-electron chi connectivity index (χ0n) is 19.5. The summed E-state index contributed by atoms with van der Waals surface area (Å²) in [6.45, 7) is 21.0. The van der Waals surface area contributed by atoms with E-state index >= 15 is 0 Å². The van der Waals surface area contributed by atoms with Gasteiger partial charge in [0.25, 0.3) is 0 Å². The zero-order chi connectivity index (χ0) is 21.1. The third-order valence-electron chi connectivity index (χ3n) is 7.03. The van der Waals surface area contributed by atoms with Crippen LogP contribution in [0.25, 0.3) is 0 Å². The van der Waals surface area contributed by atoms with E-state index in [1.165, 1.54) is 16.7 Å². The summed E-state index contributed by atoms with van der Waals surface area (Å²) in [5.41, 5.74) is 4.31. The molecular formula is C27H40O. The second-order valence-corrected chi connectivity index (χ2v) is 9.87. The van der Waals surface area contributed by atoms with Crippen LogP contribution in [-0.2, 0) is 11.8 Å². The lowest BCUT2D eigenvalue weighted by Gasteiger charge is -2.46. The summed E-state index contributed by atoms with van der Waals surface area (Å²) in [5.74, 6) is 2.12. The van der Waals surface area contributed by atoms with E-state index in [4.69, 9.17) is 4.74 Å². The van der Waals surface area contributed by atoms with Crippen molar-refractivity contribution >= 4 is 0 Å². The summed E-state index contributed by atoms with van der Waals surface area (Å²) in [5, 5.41) is 0. The summed E-state index contributed by atoms with van der Waals surface area (Å²) in [6.07, 6.45) is 1.02. The first-order valence-corrected chi connectivity index (χ1v) is 10.9. The third-order valence-corrected chi connectivity index (χ3v) is 7.03. The minimum absolute atomic E-state index is 0.0438. The fourth-order valence-corrected chi connectivity index (χ4v) is 4.27. The standard InChI is InChI=1S/C27H40O/c1-10-22-18-24(27(9,19(2)3)21(5)26(6,7)8)16-17-25(22)28-20(4)23-14-12-11-13-15-23/h11-21H,10H2,1-9H3. The predicted octanol–water partition coefficient (Wildman–Crippen LogP) is 7.98. The first kappa shape index (κ1) is 22.5. The maximum absolute atomic E-state index is 6.38. The van der Waals surface area contributed by atoms with E-state index in [9.17, 15) is 0 Å². The van der Waals surface area contributed by atoms with Crippen LogP contribution >= 0.6 is 0 Å². The van der Waals surface area contributed by atoms with Crippen LogP contribution in [0.3, 0.4) is 0 Å². The van der Waals surface area contributed by atoms with E-state index in [1.807, 2.05) is 6.07 Å². The molecule has 2 rings (SSSR count). The van der Waals surface area contributed by atoms with E-state index in [0.29, 0.717) is 11.8 Å². The summed E-state index contributed by atoms with van der Waals surface area (Å²) in [6, 6.07) is 17.3. The molecular weight excluding hydrogens is 340 g/mol. The van der Waals surface area contributed by atoms with Crippen LogP contribution in [0.2, 0.25) is 0 Å². The molecule has 0 radical (unpaired) electrons. The molecule has 154 valence electrons. The highest BCUT2D eigenvalue weighted by molar-refractivity contribution is 5.41. The van der Waals surface area contributed by atoms with Gasteiger partial charge in [0.05, 0.1) is 0 Å². The molecule has 0 heterocycles. The van der Waals surface area contributed by atoms with E-state index < -0.39 is 0 Å². The predicted molar refractivity (Wildman–Crippen MR) is 122 cm³/mol. The first-order valence-electron chi connectivity index (χ1n) is 10.9. The van der Waals surface area contributed by atoms with Gasteiger partial charge in [-0.25, -0.2) is 0 Å². The second-order valence-electron chi connectivity index (χ2n) is 9.87. The molecule has 0 bridgehead atoms. The summed E-state index contributed by atoms with van der Waals surface area (Å²) in [4.78, 5) is 0. The van der Waals surface area contributed by atoms with Gasteiger partial charge in [0.1, 0.15) is 11.9 Å². The molecule has 0 aliphatic rings. The minimum Gasteiger partial charge on any atom is -0.486 e. The maximum Gasteiger partial charge on any atom is 0.123 e. The van der Waals surface area contributed by atoms with Gasteiger partial charge in [0, 0.05) is 0 Å². The highest BCUT2D eigenvalue weighted by atomic mass is 16.5. The van der Waals surface area contributed by atoms with Crippen molar-refractivity contribution in [3.63, 3.8) is 0 Å². The van der Waals surface area contributed by atoms with Gasteiger partial charge in [-0.15, -0.1) is 0 Å². The Morgan fingerprint density at radius 1 is 0.857 bits per heavy atom. The second kappa shape index (κ2) is 8.72. The van der Waals surface area contributed by atoms with Crippen molar-refractivity contribution in [2.75, 3.05) is 0 Å². The maximum atomic E-state index is 6.38. The number of hydrogen-bond acceptors (Lipinski definition) is 1. The molecule has 0 spiro atoms. The fraction of sp³-hybridized carbons (Fsp3) is 0.556. The van der Waals surface area contributed by atoms with Crippen molar-refractivity contribution in [3.05, 3.63) is 65.2 Å². The number of benzene rings is 2. The molecule has 3 unspecified atom stereocenters. The zero-order valence-corrected chi connectivity index (χ0v) is 19.5. The van der Waals surface area contributed by atoms with Gasteiger partial charge in [-0.05, 0) is 58.8 Å². The van der Waals surface area contributed by atoms with E-state index in [1.54, 1.807) is 0 Å². The molecule has 1 nitrogen and oxygen atoms in total. The highest BCUT2D eigenvalue weighted by Gasteiger charge is 2.42. The molecule has 2 aromatic rings. The van der Waals surface area contributed by atoms with Crippen molar-refractivity contribution in [3.8, 4) is 5.75 Å². The van der Waals surface area contributed by atoms with Crippen LogP contribution in [0, 0.1) is 17.3 Å². The van der Waals surface area contributed by atoms with Gasteiger partial charge < -0.3 is 4.74 Å². The molecule has 28 heavy (non-hydrogen) atoms. The lowest BCUT2D eigenvalue weighted by molar-refractivity contribution is 0.113. The van der Waals surface area contributed by atoms with Crippen molar-refractivity contribution in [2.24, 2.45) is 17.3 Å². The fourth-order valence-electron chi connectivity index (χ4n) is 4.27. The Morgan fingerprint density at radius 3 is 1.96 bits per heavy atom. The Morgan fingerprint density at radius 2 is 1.46 bits per heavy atom. The molecule has 0 saturated heterocycles. The number of rotatable bonds is 7. The lowest BCUT2D eigenvalue weighted by Crippen LogP contribution is -2.42. The van der Waals surface area contributed by atoms with Crippen LogP contribution in [0.4, 0.5) is 0 Å². The largest absolute Gasteiger partial charge is 0.486 e. The van der Waals surface area contributed by atoms with Gasteiger partial charge in [-0.3, -0.25) is 0 Å². The molecule has 3 atom stereocenters. The smallest absolute Gasteiger partial charge is 0.123 e. The third kappa shape index (κ3) is 4.62. The Labute approximate surface area is 173 Å². The molecule has 0 aliphatic heterocycles. The van der Waals surface area contributed by atoms with Crippen molar-refractivity contribution in [1.29, 1.82) is 0 Å². The summed E-state index contributed by atoms with van der Waals surface area (Å²) < 4.78 is 6.38. The number of hydrogen-bond donors (Lipinski definition) is 0. The normalized spacial score (nSPS) is 16.5. The van der Waals surface area contributed by atoms with Crippen molar-refractivity contribution < 1.29 is 4.74 Å². The monoisotopic (exact) mass is 380 g/mol. The summed E-state index contributed by atoms with van der Waals surface area (Å²) >= 11 is 0. The topological polar surface area (TPSA) is 9.23 Å². The van der Waals surface area contributed by atoms with E-state index in [0.717, 1.165) is 12.2 Å². The van der Waals surface area contributed by atoms with Crippen LogP contribution in [0.5, 0.6) is 5.75 Å². The van der Waals surface area contributed by atoms with Gasteiger partial charge in [0.15, 0.2) is 0 Å². The molecule has 0 amide bonds. The average molecular weight is 381 g/mol. The Balaban J connectivity index is 2.40. The quantitative estimate of drug-likeness (QED) is 0.473. The highest BCUT2D eigenvalue weighted by Crippen LogP contribution is 2.47. The lowest BCUT2D eigenvalue weighted by atomic mass is 9.58. The van der Waals surface area contributed by atoms with Gasteiger partial charge in [-0.2, -0.15) is 0 Å². The molecule has 1 heteroatoms. The Bertz CT molecular complexity index is 754. The van der Waals surface area contributed by atoms with Crippen LogP contribution < -0.4 is 4.74 Å². The summed E-state index contributed by atoms with van der Waals surface area (Å²) in [7, 11) is 0. The molecule has 0 saturated carbocycles. The van der Waals surface area contributed by atoms with E-state index in [2.05, 4.69) is 105 Å². The van der Waals surface area contributed by atoms with Crippen LogP contribution in [0.15, 0.2) is 48.5 Å². The molecule has 2 aromatic carbocycles. The van der Waals surface area contributed by atoms with Crippen molar-refractivity contribution in [1.82, 2.24) is 0 Å². The molecule has 0 N–H and O–H groups in total. The van der Waals surface area contributed by atoms with E-state index in [-0.39, 0.29) is 16.9 Å². The molecule has 0 fully saturated rings. The molecule has 0 aromatic heterocycles. The number of aryl methyl sites for hydroxylation is 1. The van der Waals surface area contributed by atoms with Crippen LogP contribution in [0.1, 0.15) is 85.1 Å². The minimum atomic E-state index is 0.0438. The number of ether oxygens (including phenoxy) is 1. The average Bonchev–Trinajstić information content (AvgIpc) is 2.66. The Kier molecular flexibility index (Phi) is 7.02. The first-order chi connectivity index (χ1) is 13.0. The van der Waals surface area contributed by atoms with Crippen LogP contribution in [-0.4, -0.2) is 0 Å². The van der Waals surface area contributed by atoms with Gasteiger partial charge in [0.2, 0.25) is 0 Å². The van der Waals surface area contributed by atoms with Gasteiger partial charge >= 0.3 is 0 Å². The Hall–Kier alpha value is -1.76. The molecule has 0 aliphatic carbocycles.